The number of imidazole rings is 1. The van der Waals surface area contributed by atoms with Crippen LogP contribution in [0.3, 0.4) is 0 Å². The van der Waals surface area contributed by atoms with Gasteiger partial charge in [0.05, 0.1) is 24.3 Å². The van der Waals surface area contributed by atoms with Crippen molar-refractivity contribution in [2.24, 2.45) is 0 Å². The number of benzene rings is 2. The van der Waals surface area contributed by atoms with Crippen LogP contribution < -0.4 is 10.1 Å². The van der Waals surface area contributed by atoms with E-state index in [0.717, 1.165) is 22.6 Å². The molecule has 0 saturated carbocycles. The predicted molar refractivity (Wildman–Crippen MR) is 104 cm³/mol. The van der Waals surface area contributed by atoms with E-state index in [-0.39, 0.29) is 17.0 Å². The maximum absolute atomic E-state index is 13.0. The summed E-state index contributed by atoms with van der Waals surface area (Å²) >= 11 is 1.34. The van der Waals surface area contributed by atoms with Gasteiger partial charge in [0.25, 0.3) is 0 Å². The van der Waals surface area contributed by atoms with Gasteiger partial charge in [0.1, 0.15) is 11.6 Å². The molecule has 0 aliphatic carbocycles. The Kier molecular flexibility index (Phi) is 6.13. The molecule has 0 spiro atoms. The SMILES string of the molecule is COc1ccc(CNC(=O)[C@H](C)Sc2ncc(-c3ccc(F)cc3)[nH]2)cc1. The third-order valence-electron chi connectivity index (χ3n) is 3.99. The quantitative estimate of drug-likeness (QED) is 0.603. The highest BCUT2D eigenvalue weighted by Crippen LogP contribution is 2.24. The number of nitrogens with one attached hydrogen (secondary N) is 2. The van der Waals surface area contributed by atoms with Crippen molar-refractivity contribution in [2.45, 2.75) is 23.9 Å². The van der Waals surface area contributed by atoms with Gasteiger partial charge in [-0.05, 0) is 54.4 Å². The molecule has 3 rings (SSSR count). The number of ether oxygens (including phenoxy) is 1. The number of methoxy groups -OCH3 is 1. The Labute approximate surface area is 161 Å². The first-order valence-electron chi connectivity index (χ1n) is 8.43. The van der Waals surface area contributed by atoms with E-state index < -0.39 is 0 Å². The third kappa shape index (κ3) is 5.10. The van der Waals surface area contributed by atoms with Crippen LogP contribution in [0.2, 0.25) is 0 Å². The number of aromatic nitrogens is 2. The van der Waals surface area contributed by atoms with E-state index in [1.54, 1.807) is 25.4 Å². The number of hydrogen-bond acceptors (Lipinski definition) is 4. The molecular formula is C20H20FN3O2S. The smallest absolute Gasteiger partial charge is 0.233 e. The Morgan fingerprint density at radius 2 is 1.93 bits per heavy atom. The number of halogens is 1. The predicted octanol–water partition coefficient (Wildman–Crippen LogP) is 4.02. The molecule has 5 nitrogen and oxygen atoms in total. The molecule has 27 heavy (non-hydrogen) atoms. The maximum Gasteiger partial charge on any atom is 0.233 e. The Bertz CT molecular complexity index is 894. The summed E-state index contributed by atoms with van der Waals surface area (Å²) in [4.78, 5) is 19.8. The highest BCUT2D eigenvalue weighted by atomic mass is 32.2. The van der Waals surface area contributed by atoms with E-state index in [4.69, 9.17) is 4.74 Å². The highest BCUT2D eigenvalue weighted by molar-refractivity contribution is 8.00. The average molecular weight is 385 g/mol. The number of carbonyl (C=O) groups is 1. The zero-order chi connectivity index (χ0) is 19.2. The van der Waals surface area contributed by atoms with Gasteiger partial charge >= 0.3 is 0 Å². The zero-order valence-corrected chi connectivity index (χ0v) is 15.8. The van der Waals surface area contributed by atoms with Crippen molar-refractivity contribution in [1.82, 2.24) is 15.3 Å². The maximum atomic E-state index is 13.0. The molecule has 2 N–H and O–H groups in total. The van der Waals surface area contributed by atoms with Gasteiger partial charge in [0, 0.05) is 6.54 Å². The Balaban J connectivity index is 1.54. The van der Waals surface area contributed by atoms with Crippen LogP contribution >= 0.6 is 11.8 Å². The van der Waals surface area contributed by atoms with Gasteiger partial charge in [-0.1, -0.05) is 23.9 Å². The van der Waals surface area contributed by atoms with Crippen LogP contribution in [0.5, 0.6) is 5.75 Å². The van der Waals surface area contributed by atoms with E-state index in [0.29, 0.717) is 11.7 Å². The van der Waals surface area contributed by atoms with Gasteiger partial charge in [-0.15, -0.1) is 0 Å². The molecule has 1 atom stereocenters. The lowest BCUT2D eigenvalue weighted by Crippen LogP contribution is -2.30. The summed E-state index contributed by atoms with van der Waals surface area (Å²) in [7, 11) is 1.62. The normalized spacial score (nSPS) is 11.8. The van der Waals surface area contributed by atoms with E-state index in [2.05, 4.69) is 15.3 Å². The molecule has 0 aliphatic rings. The van der Waals surface area contributed by atoms with Crippen LogP contribution in [0.1, 0.15) is 12.5 Å². The first-order chi connectivity index (χ1) is 13.0. The molecule has 1 heterocycles. The van der Waals surface area contributed by atoms with E-state index in [1.807, 2.05) is 31.2 Å². The number of thioether (sulfide) groups is 1. The monoisotopic (exact) mass is 385 g/mol. The van der Waals surface area contributed by atoms with Crippen molar-refractivity contribution in [3.8, 4) is 17.0 Å². The van der Waals surface area contributed by atoms with Crippen LogP contribution in [0, 0.1) is 5.82 Å². The summed E-state index contributed by atoms with van der Waals surface area (Å²) in [5, 5.41) is 3.25. The fraction of sp³-hybridized carbons (Fsp3) is 0.200. The number of aromatic amines is 1. The summed E-state index contributed by atoms with van der Waals surface area (Å²) in [6.45, 7) is 2.28. The lowest BCUT2D eigenvalue weighted by molar-refractivity contribution is -0.120. The van der Waals surface area contributed by atoms with Crippen LogP contribution in [0.15, 0.2) is 59.9 Å². The Morgan fingerprint density at radius 1 is 1.22 bits per heavy atom. The average Bonchev–Trinajstić information content (AvgIpc) is 3.15. The summed E-state index contributed by atoms with van der Waals surface area (Å²) in [5.41, 5.74) is 2.62. The minimum atomic E-state index is -0.310. The standard InChI is InChI=1S/C20H20FN3O2S/c1-13(19(25)22-11-14-3-9-17(26-2)10-4-14)27-20-23-12-18(24-20)15-5-7-16(21)8-6-15/h3-10,12-13H,11H2,1-2H3,(H,22,25)(H,23,24)/t13-/m0/s1. The molecule has 1 amide bonds. The fourth-order valence-electron chi connectivity index (χ4n) is 2.44. The summed E-state index contributed by atoms with van der Waals surface area (Å²) in [6.07, 6.45) is 1.68. The van der Waals surface area contributed by atoms with Crippen molar-refractivity contribution in [3.63, 3.8) is 0 Å². The van der Waals surface area contributed by atoms with Crippen molar-refractivity contribution >= 4 is 17.7 Å². The largest absolute Gasteiger partial charge is 0.497 e. The molecule has 3 aromatic rings. The van der Waals surface area contributed by atoms with Crippen molar-refractivity contribution in [3.05, 3.63) is 66.1 Å². The molecule has 7 heteroatoms. The zero-order valence-electron chi connectivity index (χ0n) is 15.0. The number of carbonyl (C=O) groups excluding carboxylic acids is 1. The van der Waals surface area contributed by atoms with Crippen molar-refractivity contribution in [2.75, 3.05) is 7.11 Å². The van der Waals surface area contributed by atoms with E-state index in [9.17, 15) is 9.18 Å². The van der Waals surface area contributed by atoms with Gasteiger partial charge in [0.15, 0.2) is 5.16 Å². The number of amides is 1. The third-order valence-corrected chi connectivity index (χ3v) is 4.99. The second kappa shape index (κ2) is 8.73. The Hall–Kier alpha value is -2.80. The first kappa shape index (κ1) is 19.0. The topological polar surface area (TPSA) is 67.0 Å². The first-order valence-corrected chi connectivity index (χ1v) is 9.31. The minimum absolute atomic E-state index is 0.0736. The number of nitrogens with zero attached hydrogens (tertiary/aromatic N) is 1. The lowest BCUT2D eigenvalue weighted by atomic mass is 10.2. The van der Waals surface area contributed by atoms with Crippen LogP contribution in [-0.4, -0.2) is 28.2 Å². The van der Waals surface area contributed by atoms with Gasteiger partial charge in [-0.3, -0.25) is 4.79 Å². The van der Waals surface area contributed by atoms with E-state index in [1.165, 1.54) is 23.9 Å². The molecule has 1 aromatic heterocycles. The molecule has 140 valence electrons. The Morgan fingerprint density at radius 3 is 2.59 bits per heavy atom. The van der Waals surface area contributed by atoms with Crippen molar-refractivity contribution < 1.29 is 13.9 Å². The highest BCUT2D eigenvalue weighted by Gasteiger charge is 2.16. The van der Waals surface area contributed by atoms with Crippen LogP contribution in [0.25, 0.3) is 11.3 Å². The second-order valence-electron chi connectivity index (χ2n) is 5.93. The van der Waals surface area contributed by atoms with E-state index >= 15 is 0 Å². The lowest BCUT2D eigenvalue weighted by Gasteiger charge is -2.11. The molecule has 0 radical (unpaired) electrons. The van der Waals surface area contributed by atoms with Gasteiger partial charge in [-0.2, -0.15) is 0 Å². The minimum Gasteiger partial charge on any atom is -0.497 e. The van der Waals surface area contributed by atoms with Gasteiger partial charge in [-0.25, -0.2) is 9.37 Å². The molecular weight excluding hydrogens is 365 g/mol. The summed E-state index contributed by atoms with van der Waals surface area (Å²) in [5.74, 6) is 0.425. The molecule has 2 aromatic carbocycles. The summed E-state index contributed by atoms with van der Waals surface area (Å²) < 4.78 is 18.1. The number of hydrogen-bond donors (Lipinski definition) is 2. The van der Waals surface area contributed by atoms with Gasteiger partial charge in [0.2, 0.25) is 5.91 Å². The second-order valence-corrected chi connectivity index (χ2v) is 7.26. The van der Waals surface area contributed by atoms with Crippen LogP contribution in [0.4, 0.5) is 4.39 Å². The fourth-order valence-corrected chi connectivity index (χ4v) is 3.24. The number of rotatable bonds is 7. The molecule has 0 unspecified atom stereocenters. The molecule has 0 aliphatic heterocycles. The summed E-state index contributed by atoms with van der Waals surface area (Å²) in [6, 6.07) is 13.7. The van der Waals surface area contributed by atoms with Gasteiger partial charge < -0.3 is 15.0 Å². The van der Waals surface area contributed by atoms with Crippen molar-refractivity contribution in [1.29, 1.82) is 0 Å². The number of H-pyrrole nitrogens is 1. The molecule has 0 bridgehead atoms. The molecule has 0 saturated heterocycles. The van der Waals surface area contributed by atoms with Crippen LogP contribution in [-0.2, 0) is 11.3 Å². The molecule has 0 fully saturated rings.